The van der Waals surface area contributed by atoms with E-state index in [1.807, 2.05) is 6.20 Å². The van der Waals surface area contributed by atoms with Crippen LogP contribution in [0.4, 0.5) is 0 Å². The standard InChI is InChI=1S/C23H24N4/c1-27-19-14-25-15-26-21(19)20(22(27)17-6-3-2-4-7-17)16-8-10-18(11-9-16)23(24)12-5-13-23/h2-4,6-10,14-15,18H,5,11-13,24H2,1H3. The van der Waals surface area contributed by atoms with Gasteiger partial charge in [-0.15, -0.1) is 0 Å². The van der Waals surface area contributed by atoms with Gasteiger partial charge in [0.1, 0.15) is 6.33 Å². The van der Waals surface area contributed by atoms with Crippen LogP contribution in [0.25, 0.3) is 27.9 Å². The van der Waals surface area contributed by atoms with Crippen molar-refractivity contribution >= 4 is 16.6 Å². The molecule has 0 bridgehead atoms. The van der Waals surface area contributed by atoms with E-state index in [-0.39, 0.29) is 5.54 Å². The van der Waals surface area contributed by atoms with Gasteiger partial charge in [0.2, 0.25) is 0 Å². The second kappa shape index (κ2) is 6.17. The lowest BCUT2D eigenvalue weighted by Gasteiger charge is -2.44. The Morgan fingerprint density at radius 3 is 2.67 bits per heavy atom. The number of nitrogens with zero attached hydrogens (tertiary/aromatic N) is 3. The normalized spacial score (nSPS) is 21.1. The van der Waals surface area contributed by atoms with Crippen LogP contribution in [0.2, 0.25) is 0 Å². The lowest BCUT2D eigenvalue weighted by atomic mass is 9.66. The van der Waals surface area contributed by atoms with Gasteiger partial charge in [-0.1, -0.05) is 48.6 Å². The quantitative estimate of drug-likeness (QED) is 0.753. The Balaban J connectivity index is 1.64. The number of hydrogen-bond donors (Lipinski definition) is 1. The molecule has 27 heavy (non-hydrogen) atoms. The minimum absolute atomic E-state index is 0.00170. The Bertz CT molecular complexity index is 1050. The van der Waals surface area contributed by atoms with Crippen LogP contribution < -0.4 is 5.73 Å². The van der Waals surface area contributed by atoms with E-state index < -0.39 is 0 Å². The zero-order chi connectivity index (χ0) is 18.4. The molecule has 1 unspecified atom stereocenters. The van der Waals surface area contributed by atoms with Gasteiger partial charge in [-0.3, -0.25) is 0 Å². The van der Waals surface area contributed by atoms with Crippen LogP contribution in [0.5, 0.6) is 0 Å². The van der Waals surface area contributed by atoms with Crippen molar-refractivity contribution in [3.8, 4) is 11.3 Å². The molecule has 0 saturated heterocycles. The SMILES string of the molecule is Cn1c(-c2ccccc2)c(C2=CCC(C3(N)CCC3)C=C2)c2ncncc21. The van der Waals surface area contributed by atoms with Crippen molar-refractivity contribution in [1.82, 2.24) is 14.5 Å². The fourth-order valence-electron chi connectivity index (χ4n) is 4.56. The highest BCUT2D eigenvalue weighted by Gasteiger charge is 2.39. The molecule has 2 aliphatic rings. The van der Waals surface area contributed by atoms with Crippen molar-refractivity contribution in [3.63, 3.8) is 0 Å². The van der Waals surface area contributed by atoms with Crippen LogP contribution in [0.1, 0.15) is 31.2 Å². The Morgan fingerprint density at radius 2 is 2.00 bits per heavy atom. The van der Waals surface area contributed by atoms with Crippen molar-refractivity contribution < 1.29 is 0 Å². The van der Waals surface area contributed by atoms with Gasteiger partial charge in [-0.05, 0) is 42.7 Å². The summed E-state index contributed by atoms with van der Waals surface area (Å²) in [6.45, 7) is 0. The summed E-state index contributed by atoms with van der Waals surface area (Å²) in [7, 11) is 2.09. The van der Waals surface area contributed by atoms with E-state index in [4.69, 9.17) is 5.73 Å². The van der Waals surface area contributed by atoms with Crippen molar-refractivity contribution in [1.29, 1.82) is 0 Å². The number of hydrogen-bond acceptors (Lipinski definition) is 3. The van der Waals surface area contributed by atoms with Crippen molar-refractivity contribution in [2.75, 3.05) is 0 Å². The second-order valence-electron chi connectivity index (χ2n) is 7.85. The zero-order valence-corrected chi connectivity index (χ0v) is 15.6. The maximum Gasteiger partial charge on any atom is 0.116 e. The number of allylic oxidation sites excluding steroid dienone is 3. The molecule has 136 valence electrons. The van der Waals surface area contributed by atoms with E-state index in [9.17, 15) is 0 Å². The summed E-state index contributed by atoms with van der Waals surface area (Å²) in [5.74, 6) is 0.444. The molecule has 0 radical (unpaired) electrons. The zero-order valence-electron chi connectivity index (χ0n) is 15.6. The summed E-state index contributed by atoms with van der Waals surface area (Å²) in [6.07, 6.45) is 15.0. The number of benzene rings is 1. The van der Waals surface area contributed by atoms with Crippen molar-refractivity contribution in [2.24, 2.45) is 18.7 Å². The topological polar surface area (TPSA) is 56.7 Å². The van der Waals surface area contributed by atoms with E-state index in [0.717, 1.165) is 30.3 Å². The van der Waals surface area contributed by atoms with Crippen LogP contribution in [-0.2, 0) is 7.05 Å². The van der Waals surface area contributed by atoms with Gasteiger partial charge in [0.05, 0.1) is 22.9 Å². The summed E-state index contributed by atoms with van der Waals surface area (Å²) in [6, 6.07) is 10.5. The molecule has 1 atom stereocenters. The molecule has 2 aliphatic carbocycles. The predicted octanol–water partition coefficient (Wildman–Crippen LogP) is 4.48. The number of aromatic nitrogens is 3. The molecule has 3 aromatic rings. The lowest BCUT2D eigenvalue weighted by Crippen LogP contribution is -2.52. The first kappa shape index (κ1) is 16.5. The average molecular weight is 356 g/mol. The largest absolute Gasteiger partial charge is 0.341 e. The molecule has 1 saturated carbocycles. The van der Waals surface area contributed by atoms with E-state index in [1.165, 1.54) is 28.8 Å². The molecule has 5 rings (SSSR count). The molecule has 2 aromatic heterocycles. The minimum atomic E-state index is 0.00170. The van der Waals surface area contributed by atoms with E-state index in [2.05, 4.69) is 70.1 Å². The Morgan fingerprint density at radius 1 is 1.19 bits per heavy atom. The average Bonchev–Trinajstić information content (AvgIpc) is 3.00. The van der Waals surface area contributed by atoms with Gasteiger partial charge in [-0.2, -0.15) is 0 Å². The van der Waals surface area contributed by atoms with Crippen LogP contribution in [-0.4, -0.2) is 20.1 Å². The molecule has 0 spiro atoms. The molecular formula is C23H24N4. The van der Waals surface area contributed by atoms with E-state index >= 15 is 0 Å². The number of fused-ring (bicyclic) bond motifs is 1. The molecule has 2 heterocycles. The Kier molecular flexibility index (Phi) is 3.76. The fourth-order valence-corrected chi connectivity index (χ4v) is 4.56. The van der Waals surface area contributed by atoms with Gasteiger partial charge in [0.15, 0.2) is 0 Å². The van der Waals surface area contributed by atoms with Crippen molar-refractivity contribution in [2.45, 2.75) is 31.2 Å². The van der Waals surface area contributed by atoms with E-state index in [1.54, 1.807) is 6.33 Å². The minimum Gasteiger partial charge on any atom is -0.341 e. The smallest absolute Gasteiger partial charge is 0.116 e. The summed E-state index contributed by atoms with van der Waals surface area (Å²) >= 11 is 0. The summed E-state index contributed by atoms with van der Waals surface area (Å²) in [5, 5.41) is 0. The second-order valence-corrected chi connectivity index (χ2v) is 7.85. The third-order valence-electron chi connectivity index (χ3n) is 6.32. The Labute approximate surface area is 159 Å². The summed E-state index contributed by atoms with van der Waals surface area (Å²) in [5.41, 5.74) is 13.4. The number of rotatable bonds is 3. The monoisotopic (exact) mass is 356 g/mol. The molecule has 1 fully saturated rings. The Hall–Kier alpha value is -2.72. The first-order valence-electron chi connectivity index (χ1n) is 9.69. The van der Waals surface area contributed by atoms with Crippen LogP contribution in [0.15, 0.2) is 61.1 Å². The number of nitrogens with two attached hydrogens (primary N) is 1. The highest BCUT2D eigenvalue weighted by Crippen LogP contribution is 2.43. The first-order valence-corrected chi connectivity index (χ1v) is 9.69. The summed E-state index contributed by atoms with van der Waals surface area (Å²) in [4.78, 5) is 8.87. The molecule has 0 amide bonds. The molecule has 4 nitrogen and oxygen atoms in total. The molecular weight excluding hydrogens is 332 g/mol. The summed E-state index contributed by atoms with van der Waals surface area (Å²) < 4.78 is 2.21. The van der Waals surface area contributed by atoms with Gasteiger partial charge >= 0.3 is 0 Å². The van der Waals surface area contributed by atoms with Crippen LogP contribution in [0.3, 0.4) is 0 Å². The number of aryl methyl sites for hydroxylation is 1. The highest BCUT2D eigenvalue weighted by molar-refractivity contribution is 6.00. The van der Waals surface area contributed by atoms with Gasteiger partial charge in [0.25, 0.3) is 0 Å². The molecule has 2 N–H and O–H groups in total. The molecule has 4 heteroatoms. The molecule has 0 aliphatic heterocycles. The lowest BCUT2D eigenvalue weighted by molar-refractivity contribution is 0.183. The first-order chi connectivity index (χ1) is 13.2. The highest BCUT2D eigenvalue weighted by atomic mass is 15.0. The third kappa shape index (κ3) is 2.55. The van der Waals surface area contributed by atoms with Gasteiger partial charge in [0, 0.05) is 18.2 Å². The van der Waals surface area contributed by atoms with Gasteiger partial charge in [-0.25, -0.2) is 9.97 Å². The predicted molar refractivity (Wildman–Crippen MR) is 110 cm³/mol. The third-order valence-corrected chi connectivity index (χ3v) is 6.32. The fraction of sp³-hybridized carbons (Fsp3) is 0.304. The van der Waals surface area contributed by atoms with Crippen LogP contribution in [0, 0.1) is 5.92 Å². The maximum absolute atomic E-state index is 6.57. The molecule has 1 aromatic carbocycles. The maximum atomic E-state index is 6.57. The van der Waals surface area contributed by atoms with Crippen LogP contribution >= 0.6 is 0 Å². The van der Waals surface area contributed by atoms with Gasteiger partial charge < -0.3 is 10.3 Å². The van der Waals surface area contributed by atoms with E-state index in [0.29, 0.717) is 5.92 Å². The van der Waals surface area contributed by atoms with Crippen molar-refractivity contribution in [3.05, 3.63) is 66.6 Å².